The van der Waals surface area contributed by atoms with Crippen molar-refractivity contribution < 1.29 is 32.2 Å². The molecule has 0 bridgehead atoms. The van der Waals surface area contributed by atoms with E-state index in [1.54, 1.807) is 6.92 Å². The molecule has 1 aromatic rings. The van der Waals surface area contributed by atoms with Gasteiger partial charge in [-0.15, -0.1) is 13.2 Å². The molecule has 0 aliphatic carbocycles. The highest BCUT2D eigenvalue weighted by Gasteiger charge is 2.32. The second-order valence-corrected chi connectivity index (χ2v) is 5.54. The van der Waals surface area contributed by atoms with Crippen LogP contribution >= 0.6 is 0 Å². The van der Waals surface area contributed by atoms with Crippen LogP contribution in [-0.2, 0) is 9.53 Å². The molecule has 144 valence electrons. The quantitative estimate of drug-likeness (QED) is 0.800. The summed E-state index contributed by atoms with van der Waals surface area (Å²) in [6.45, 7) is 3.79. The minimum Gasteiger partial charge on any atom is -0.465 e. The second-order valence-electron chi connectivity index (χ2n) is 5.54. The zero-order valence-electron chi connectivity index (χ0n) is 14.2. The van der Waals surface area contributed by atoms with Crippen LogP contribution in [0.15, 0.2) is 24.3 Å². The number of carbonyl (C=O) groups is 2. The summed E-state index contributed by atoms with van der Waals surface area (Å²) in [4.78, 5) is 27.1. The number of esters is 1. The number of anilines is 1. The van der Waals surface area contributed by atoms with Gasteiger partial charge in [-0.3, -0.25) is 9.69 Å². The Morgan fingerprint density at radius 3 is 2.42 bits per heavy atom. The van der Waals surface area contributed by atoms with E-state index >= 15 is 0 Å². The fraction of sp³-hybridized carbons (Fsp3) is 0.500. The number of halogens is 3. The van der Waals surface area contributed by atoms with E-state index in [0.29, 0.717) is 32.8 Å². The molecular formula is C16H20F3N3O4. The molecule has 0 aromatic heterocycles. The van der Waals surface area contributed by atoms with Crippen LogP contribution in [0.5, 0.6) is 5.75 Å². The van der Waals surface area contributed by atoms with Gasteiger partial charge in [0.25, 0.3) is 0 Å². The van der Waals surface area contributed by atoms with E-state index in [-0.39, 0.29) is 18.2 Å². The highest BCUT2D eigenvalue weighted by molar-refractivity contribution is 5.91. The number of piperazine rings is 1. The molecule has 1 aliphatic heterocycles. The van der Waals surface area contributed by atoms with Crippen LogP contribution in [0.25, 0.3) is 0 Å². The van der Waals surface area contributed by atoms with Crippen molar-refractivity contribution in [1.82, 2.24) is 9.80 Å². The van der Waals surface area contributed by atoms with Crippen LogP contribution < -0.4 is 10.1 Å². The molecule has 0 unspecified atom stereocenters. The molecule has 1 N–H and O–H groups in total. The third-order valence-electron chi connectivity index (χ3n) is 3.67. The molecule has 1 aromatic carbocycles. The van der Waals surface area contributed by atoms with Crippen LogP contribution in [0.2, 0.25) is 0 Å². The van der Waals surface area contributed by atoms with E-state index in [1.807, 2.05) is 4.90 Å². The first-order valence-electron chi connectivity index (χ1n) is 8.07. The summed E-state index contributed by atoms with van der Waals surface area (Å²) in [6.07, 6.45) is -4.85. The standard InChI is InChI=1S/C16H20F3N3O4/c1-2-25-14(23)11-21-7-9-22(10-8-21)15(24)20-12-5-3-4-6-13(12)26-16(17,18)19/h3-6H,2,7-11H2,1H3,(H,20,24). The van der Waals surface area contributed by atoms with Gasteiger partial charge in [-0.1, -0.05) is 12.1 Å². The lowest BCUT2D eigenvalue weighted by atomic mass is 10.3. The molecule has 1 fully saturated rings. The Labute approximate surface area is 148 Å². The number of amides is 2. The van der Waals surface area contributed by atoms with Crippen LogP contribution in [0.1, 0.15) is 6.92 Å². The lowest BCUT2D eigenvalue weighted by Gasteiger charge is -2.34. The Morgan fingerprint density at radius 1 is 1.15 bits per heavy atom. The maximum Gasteiger partial charge on any atom is 0.573 e. The van der Waals surface area contributed by atoms with Gasteiger partial charge < -0.3 is 19.7 Å². The molecular weight excluding hydrogens is 355 g/mol. The van der Waals surface area contributed by atoms with E-state index in [0.717, 1.165) is 6.07 Å². The number of hydrogen-bond donors (Lipinski definition) is 1. The molecule has 7 nitrogen and oxygen atoms in total. The predicted octanol–water partition coefficient (Wildman–Crippen LogP) is 2.30. The van der Waals surface area contributed by atoms with Crippen molar-refractivity contribution in [2.75, 3.05) is 44.6 Å². The molecule has 10 heteroatoms. The fourth-order valence-electron chi connectivity index (χ4n) is 2.48. The number of nitrogens with zero attached hydrogens (tertiary/aromatic N) is 2. The Hall–Kier alpha value is -2.49. The molecule has 1 aliphatic rings. The summed E-state index contributed by atoms with van der Waals surface area (Å²) in [5, 5.41) is 2.43. The first kappa shape index (κ1) is 19.8. The normalized spacial score (nSPS) is 15.5. The SMILES string of the molecule is CCOC(=O)CN1CCN(C(=O)Nc2ccccc2OC(F)(F)F)CC1. The molecule has 0 radical (unpaired) electrons. The Balaban J connectivity index is 1.89. The van der Waals surface area contributed by atoms with Gasteiger partial charge in [0.2, 0.25) is 0 Å². The van der Waals surface area contributed by atoms with Gasteiger partial charge in [0, 0.05) is 26.2 Å². The first-order valence-corrected chi connectivity index (χ1v) is 8.07. The fourth-order valence-corrected chi connectivity index (χ4v) is 2.48. The molecule has 2 amide bonds. The minimum absolute atomic E-state index is 0.0659. The maximum absolute atomic E-state index is 12.4. The number of hydrogen-bond acceptors (Lipinski definition) is 5. The Kier molecular flexibility index (Phi) is 6.67. The van der Waals surface area contributed by atoms with Crippen molar-refractivity contribution in [1.29, 1.82) is 0 Å². The zero-order valence-corrected chi connectivity index (χ0v) is 14.2. The maximum atomic E-state index is 12.4. The summed E-state index contributed by atoms with van der Waals surface area (Å²) in [5.74, 6) is -0.807. The van der Waals surface area contributed by atoms with Crippen LogP contribution in [0.4, 0.5) is 23.7 Å². The van der Waals surface area contributed by atoms with E-state index in [1.165, 1.54) is 23.1 Å². The number of para-hydroxylation sites is 2. The number of alkyl halides is 3. The number of rotatable bonds is 5. The van der Waals surface area contributed by atoms with Gasteiger partial charge >= 0.3 is 18.4 Å². The Bertz CT molecular complexity index is 631. The third kappa shape index (κ3) is 6.10. The van der Waals surface area contributed by atoms with Crippen molar-refractivity contribution in [3.05, 3.63) is 24.3 Å². The molecule has 1 saturated heterocycles. The first-order chi connectivity index (χ1) is 12.3. The van der Waals surface area contributed by atoms with Crippen LogP contribution in [0.3, 0.4) is 0 Å². The number of ether oxygens (including phenoxy) is 2. The van der Waals surface area contributed by atoms with E-state index < -0.39 is 18.1 Å². The second kappa shape index (κ2) is 8.75. The van der Waals surface area contributed by atoms with Crippen molar-refractivity contribution in [2.24, 2.45) is 0 Å². The average molecular weight is 375 g/mol. The molecule has 0 saturated carbocycles. The predicted molar refractivity (Wildman–Crippen MR) is 86.8 cm³/mol. The van der Waals surface area contributed by atoms with Crippen molar-refractivity contribution >= 4 is 17.7 Å². The summed E-state index contributed by atoms with van der Waals surface area (Å²) < 4.78 is 46.1. The van der Waals surface area contributed by atoms with Crippen molar-refractivity contribution in [3.8, 4) is 5.75 Å². The zero-order chi connectivity index (χ0) is 19.2. The van der Waals surface area contributed by atoms with Gasteiger partial charge in [0.1, 0.15) is 0 Å². The highest BCUT2D eigenvalue weighted by atomic mass is 19.4. The van der Waals surface area contributed by atoms with E-state index in [4.69, 9.17) is 4.74 Å². The largest absolute Gasteiger partial charge is 0.573 e. The number of benzene rings is 1. The summed E-state index contributed by atoms with van der Waals surface area (Å²) >= 11 is 0. The van der Waals surface area contributed by atoms with E-state index in [2.05, 4.69) is 10.1 Å². The molecule has 0 spiro atoms. The van der Waals surface area contributed by atoms with Crippen LogP contribution in [0, 0.1) is 0 Å². The Morgan fingerprint density at radius 2 is 1.81 bits per heavy atom. The minimum atomic E-state index is -4.85. The molecule has 0 atom stereocenters. The van der Waals surface area contributed by atoms with Gasteiger partial charge in [0.15, 0.2) is 5.75 Å². The van der Waals surface area contributed by atoms with Gasteiger partial charge in [0.05, 0.1) is 18.8 Å². The molecule has 26 heavy (non-hydrogen) atoms. The highest BCUT2D eigenvalue weighted by Crippen LogP contribution is 2.30. The summed E-state index contributed by atoms with van der Waals surface area (Å²) in [5.41, 5.74) is -0.0659. The smallest absolute Gasteiger partial charge is 0.465 e. The average Bonchev–Trinajstić information content (AvgIpc) is 2.56. The van der Waals surface area contributed by atoms with Gasteiger partial charge in [-0.05, 0) is 19.1 Å². The lowest BCUT2D eigenvalue weighted by molar-refractivity contribution is -0.274. The molecule has 2 rings (SSSR count). The number of urea groups is 1. The number of nitrogens with one attached hydrogen (secondary N) is 1. The van der Waals surface area contributed by atoms with E-state index in [9.17, 15) is 22.8 Å². The monoisotopic (exact) mass is 375 g/mol. The lowest BCUT2D eigenvalue weighted by Crippen LogP contribution is -2.51. The molecule has 1 heterocycles. The van der Waals surface area contributed by atoms with Crippen LogP contribution in [-0.4, -0.2) is 67.5 Å². The third-order valence-corrected chi connectivity index (χ3v) is 3.67. The number of carbonyl (C=O) groups excluding carboxylic acids is 2. The van der Waals surface area contributed by atoms with Gasteiger partial charge in [-0.25, -0.2) is 4.79 Å². The summed E-state index contributed by atoms with van der Waals surface area (Å²) in [6, 6.07) is 4.80. The summed E-state index contributed by atoms with van der Waals surface area (Å²) in [7, 11) is 0. The van der Waals surface area contributed by atoms with Gasteiger partial charge in [-0.2, -0.15) is 0 Å². The van der Waals surface area contributed by atoms with Crippen molar-refractivity contribution in [3.63, 3.8) is 0 Å². The van der Waals surface area contributed by atoms with Crippen molar-refractivity contribution in [2.45, 2.75) is 13.3 Å². The topological polar surface area (TPSA) is 71.1 Å².